The summed E-state index contributed by atoms with van der Waals surface area (Å²) < 4.78 is 13.6. The van der Waals surface area contributed by atoms with E-state index in [9.17, 15) is 4.79 Å². The van der Waals surface area contributed by atoms with Gasteiger partial charge in [-0.3, -0.25) is 4.79 Å². The highest BCUT2D eigenvalue weighted by Crippen LogP contribution is 2.29. The molecular weight excluding hydrogens is 434 g/mol. The molecule has 5 aromatic rings. The monoisotopic (exact) mass is 455 g/mol. The second-order valence-electron chi connectivity index (χ2n) is 7.61. The van der Waals surface area contributed by atoms with Crippen molar-refractivity contribution in [1.82, 2.24) is 14.6 Å². The first-order valence-corrected chi connectivity index (χ1v) is 11.3. The van der Waals surface area contributed by atoms with E-state index in [0.717, 1.165) is 22.3 Å². The van der Waals surface area contributed by atoms with Crippen LogP contribution in [0.4, 0.5) is 0 Å². The SMILES string of the molecule is COc1cc(C=c2sc3nnc(-c4ccc(C)cc4)n3c2=O)ccc1OCc1ccccc1. The zero-order valence-corrected chi connectivity index (χ0v) is 19.0. The number of thiazole rings is 1. The molecule has 0 spiro atoms. The molecule has 0 radical (unpaired) electrons. The standard InChI is InChI=1S/C26H21N3O3S/c1-17-8-11-20(12-9-17)24-27-28-26-29(24)25(30)23(33-26)15-19-10-13-21(22(14-19)31-2)32-16-18-6-4-3-5-7-18/h3-15H,16H2,1-2H3. The molecule has 0 aliphatic rings. The van der Waals surface area contributed by atoms with Crippen molar-refractivity contribution in [3.05, 3.63) is 104 Å². The molecule has 0 aliphatic heterocycles. The van der Waals surface area contributed by atoms with Crippen LogP contribution in [-0.4, -0.2) is 21.7 Å². The van der Waals surface area contributed by atoms with E-state index in [1.54, 1.807) is 11.5 Å². The second-order valence-corrected chi connectivity index (χ2v) is 8.62. The van der Waals surface area contributed by atoms with Crippen LogP contribution in [0.3, 0.4) is 0 Å². The second kappa shape index (κ2) is 8.88. The average Bonchev–Trinajstić information content (AvgIpc) is 3.39. The van der Waals surface area contributed by atoms with Crippen molar-refractivity contribution < 1.29 is 9.47 Å². The highest BCUT2D eigenvalue weighted by molar-refractivity contribution is 7.15. The minimum Gasteiger partial charge on any atom is -0.493 e. The van der Waals surface area contributed by atoms with E-state index < -0.39 is 0 Å². The zero-order valence-electron chi connectivity index (χ0n) is 18.2. The van der Waals surface area contributed by atoms with E-state index >= 15 is 0 Å². The molecule has 164 valence electrons. The lowest BCUT2D eigenvalue weighted by molar-refractivity contribution is 0.284. The van der Waals surface area contributed by atoms with E-state index in [-0.39, 0.29) is 5.56 Å². The largest absolute Gasteiger partial charge is 0.493 e. The van der Waals surface area contributed by atoms with Crippen LogP contribution in [0, 0.1) is 6.92 Å². The van der Waals surface area contributed by atoms with E-state index in [2.05, 4.69) is 10.2 Å². The predicted octanol–water partition coefficient (Wildman–Crippen LogP) is 4.26. The van der Waals surface area contributed by atoms with Gasteiger partial charge < -0.3 is 9.47 Å². The van der Waals surface area contributed by atoms with Crippen molar-refractivity contribution in [3.8, 4) is 22.9 Å². The van der Waals surface area contributed by atoms with Gasteiger partial charge in [0, 0.05) is 5.56 Å². The Kier molecular flexibility index (Phi) is 5.62. The molecule has 3 aromatic carbocycles. The fraction of sp³-hybridized carbons (Fsp3) is 0.115. The molecule has 0 unspecified atom stereocenters. The number of fused-ring (bicyclic) bond motifs is 1. The Morgan fingerprint density at radius 3 is 2.52 bits per heavy atom. The zero-order chi connectivity index (χ0) is 22.8. The summed E-state index contributed by atoms with van der Waals surface area (Å²) in [5.41, 5.74) is 3.78. The molecule has 0 aliphatic carbocycles. The summed E-state index contributed by atoms with van der Waals surface area (Å²) in [5.74, 6) is 1.80. The number of hydrogen-bond acceptors (Lipinski definition) is 6. The van der Waals surface area contributed by atoms with E-state index in [1.807, 2.05) is 85.8 Å². The number of rotatable bonds is 6. The number of aromatic nitrogens is 3. The van der Waals surface area contributed by atoms with Crippen LogP contribution in [0.1, 0.15) is 16.7 Å². The smallest absolute Gasteiger partial charge is 0.276 e. The van der Waals surface area contributed by atoms with Gasteiger partial charge in [0.1, 0.15) is 6.61 Å². The third-order valence-electron chi connectivity index (χ3n) is 5.28. The summed E-state index contributed by atoms with van der Waals surface area (Å²) in [6.45, 7) is 2.47. The maximum absolute atomic E-state index is 13.1. The molecule has 0 bridgehead atoms. The van der Waals surface area contributed by atoms with Crippen molar-refractivity contribution in [3.63, 3.8) is 0 Å². The van der Waals surface area contributed by atoms with E-state index in [0.29, 0.717) is 33.4 Å². The fourth-order valence-corrected chi connectivity index (χ4v) is 4.44. The van der Waals surface area contributed by atoms with Gasteiger partial charge in [0.25, 0.3) is 5.56 Å². The van der Waals surface area contributed by atoms with Crippen LogP contribution in [0.5, 0.6) is 11.5 Å². The summed E-state index contributed by atoms with van der Waals surface area (Å²) in [5, 5.41) is 8.43. The number of ether oxygens (including phenoxy) is 2. The normalized spacial score (nSPS) is 11.8. The molecule has 5 rings (SSSR count). The number of benzene rings is 3. The highest BCUT2D eigenvalue weighted by atomic mass is 32.1. The first-order valence-electron chi connectivity index (χ1n) is 10.4. The summed E-state index contributed by atoms with van der Waals surface area (Å²) in [7, 11) is 1.60. The maximum Gasteiger partial charge on any atom is 0.276 e. The summed E-state index contributed by atoms with van der Waals surface area (Å²) in [4.78, 5) is 13.7. The van der Waals surface area contributed by atoms with Crippen molar-refractivity contribution in [2.75, 3.05) is 7.11 Å². The molecule has 0 saturated carbocycles. The Morgan fingerprint density at radius 1 is 0.970 bits per heavy atom. The topological polar surface area (TPSA) is 65.7 Å². The molecule has 2 heterocycles. The highest BCUT2D eigenvalue weighted by Gasteiger charge is 2.14. The number of nitrogens with zero attached hydrogens (tertiary/aromatic N) is 3. The molecule has 6 nitrogen and oxygen atoms in total. The molecule has 0 N–H and O–H groups in total. The Hall–Kier alpha value is -3.97. The number of hydrogen-bond donors (Lipinski definition) is 0. The lowest BCUT2D eigenvalue weighted by atomic mass is 10.1. The van der Waals surface area contributed by atoms with Gasteiger partial charge in [0.15, 0.2) is 17.3 Å². The maximum atomic E-state index is 13.1. The Labute approximate surface area is 194 Å². The van der Waals surface area contributed by atoms with Gasteiger partial charge in [0.2, 0.25) is 4.96 Å². The van der Waals surface area contributed by atoms with Crippen LogP contribution in [0.2, 0.25) is 0 Å². The van der Waals surface area contributed by atoms with Gasteiger partial charge in [-0.15, -0.1) is 10.2 Å². The molecular formula is C26H21N3O3S. The molecule has 33 heavy (non-hydrogen) atoms. The lowest BCUT2D eigenvalue weighted by Crippen LogP contribution is -2.23. The molecule has 0 amide bonds. The van der Waals surface area contributed by atoms with Crippen LogP contribution >= 0.6 is 11.3 Å². The average molecular weight is 456 g/mol. The third-order valence-corrected chi connectivity index (χ3v) is 6.24. The van der Waals surface area contributed by atoms with Gasteiger partial charge in [-0.25, -0.2) is 4.40 Å². The Balaban J connectivity index is 1.47. The lowest BCUT2D eigenvalue weighted by Gasteiger charge is -2.11. The van der Waals surface area contributed by atoms with Crippen molar-refractivity contribution in [1.29, 1.82) is 0 Å². The Morgan fingerprint density at radius 2 is 1.76 bits per heavy atom. The first-order chi connectivity index (χ1) is 16.1. The van der Waals surface area contributed by atoms with Crippen LogP contribution in [0.15, 0.2) is 77.6 Å². The Bertz CT molecular complexity index is 1520. The number of aryl methyl sites for hydroxylation is 1. The van der Waals surface area contributed by atoms with Crippen molar-refractivity contribution >= 4 is 22.4 Å². The summed E-state index contributed by atoms with van der Waals surface area (Å²) in [6, 6.07) is 23.5. The van der Waals surface area contributed by atoms with E-state index in [4.69, 9.17) is 9.47 Å². The van der Waals surface area contributed by atoms with Gasteiger partial charge in [-0.05, 0) is 36.3 Å². The molecule has 0 atom stereocenters. The summed E-state index contributed by atoms with van der Waals surface area (Å²) in [6.07, 6.45) is 1.84. The number of methoxy groups -OCH3 is 1. The molecule has 7 heteroatoms. The molecule has 0 saturated heterocycles. The molecule has 2 aromatic heterocycles. The van der Waals surface area contributed by atoms with Gasteiger partial charge in [0.05, 0.1) is 11.6 Å². The fourth-order valence-electron chi connectivity index (χ4n) is 3.53. The van der Waals surface area contributed by atoms with Gasteiger partial charge in [-0.1, -0.05) is 77.6 Å². The predicted molar refractivity (Wildman–Crippen MR) is 130 cm³/mol. The van der Waals surface area contributed by atoms with Gasteiger partial charge >= 0.3 is 0 Å². The van der Waals surface area contributed by atoms with Crippen molar-refractivity contribution in [2.45, 2.75) is 13.5 Å². The van der Waals surface area contributed by atoms with E-state index in [1.165, 1.54) is 11.3 Å². The summed E-state index contributed by atoms with van der Waals surface area (Å²) >= 11 is 1.31. The third kappa shape index (κ3) is 4.23. The first kappa shape index (κ1) is 20.9. The quantitative estimate of drug-likeness (QED) is 0.383. The van der Waals surface area contributed by atoms with Crippen LogP contribution in [0.25, 0.3) is 22.4 Å². The molecule has 0 fully saturated rings. The van der Waals surface area contributed by atoms with Crippen LogP contribution < -0.4 is 19.6 Å². The minimum absolute atomic E-state index is 0.140. The van der Waals surface area contributed by atoms with Crippen molar-refractivity contribution in [2.24, 2.45) is 0 Å². The minimum atomic E-state index is -0.140. The van der Waals surface area contributed by atoms with Crippen LogP contribution in [-0.2, 0) is 6.61 Å². The van der Waals surface area contributed by atoms with Gasteiger partial charge in [-0.2, -0.15) is 0 Å².